The molecule has 1 aliphatic rings. The zero-order chi connectivity index (χ0) is 19.0. The molecule has 1 aliphatic heterocycles. The lowest BCUT2D eigenvalue weighted by Crippen LogP contribution is -2.45. The van der Waals surface area contributed by atoms with Crippen molar-refractivity contribution in [2.75, 3.05) is 26.2 Å². The number of nitrogens with one attached hydrogen (secondary N) is 2. The summed E-state index contributed by atoms with van der Waals surface area (Å²) in [6, 6.07) is 0.744. The second kappa shape index (κ2) is 9.95. The zero-order valence-corrected chi connectivity index (χ0v) is 17.3. The lowest BCUT2D eigenvalue weighted by atomic mass is 9.94. The molecule has 0 saturated carbocycles. The molecule has 1 fully saturated rings. The number of hydrogen-bond donors (Lipinski definition) is 2. The molecule has 0 bridgehead atoms. The average Bonchev–Trinajstić information content (AvgIpc) is 3.09. The number of oxazole rings is 1. The fourth-order valence-corrected chi connectivity index (χ4v) is 3.35. The summed E-state index contributed by atoms with van der Waals surface area (Å²) in [7, 11) is 0. The molecule has 1 aromatic rings. The van der Waals surface area contributed by atoms with Crippen LogP contribution in [0.2, 0.25) is 0 Å². The van der Waals surface area contributed by atoms with Gasteiger partial charge in [0, 0.05) is 31.1 Å². The Kier molecular flexibility index (Phi) is 7.94. The summed E-state index contributed by atoms with van der Waals surface area (Å²) < 4.78 is 5.82. The van der Waals surface area contributed by atoms with Crippen molar-refractivity contribution in [3.05, 3.63) is 17.8 Å². The predicted molar refractivity (Wildman–Crippen MR) is 108 cm³/mol. The van der Waals surface area contributed by atoms with Crippen LogP contribution in [0.5, 0.6) is 0 Å². The molecule has 6 heteroatoms. The summed E-state index contributed by atoms with van der Waals surface area (Å²) in [6.07, 6.45) is 7.09. The van der Waals surface area contributed by atoms with Crippen molar-refractivity contribution in [3.63, 3.8) is 0 Å². The van der Waals surface area contributed by atoms with Crippen LogP contribution < -0.4 is 10.6 Å². The number of aliphatic imine (C=N–C) groups is 1. The van der Waals surface area contributed by atoms with E-state index in [-0.39, 0.29) is 5.41 Å². The molecule has 1 atom stereocenters. The van der Waals surface area contributed by atoms with Crippen LogP contribution in [-0.2, 0) is 12.0 Å². The van der Waals surface area contributed by atoms with E-state index in [0.717, 1.165) is 37.4 Å². The minimum absolute atomic E-state index is 0.0258. The molecule has 0 spiro atoms. The third kappa shape index (κ3) is 6.31. The van der Waals surface area contributed by atoms with Crippen LogP contribution in [0.3, 0.4) is 0 Å². The molecular formula is C20H37N5O. The van der Waals surface area contributed by atoms with Gasteiger partial charge in [-0.3, -0.25) is 4.90 Å². The Morgan fingerprint density at radius 1 is 1.31 bits per heavy atom. The number of nitrogens with zero attached hydrogens (tertiary/aromatic N) is 3. The minimum atomic E-state index is -0.0258. The monoisotopic (exact) mass is 363 g/mol. The van der Waals surface area contributed by atoms with Gasteiger partial charge < -0.3 is 15.1 Å². The molecule has 0 amide bonds. The van der Waals surface area contributed by atoms with Gasteiger partial charge in [-0.15, -0.1) is 0 Å². The molecule has 1 unspecified atom stereocenters. The van der Waals surface area contributed by atoms with E-state index in [0.29, 0.717) is 12.4 Å². The van der Waals surface area contributed by atoms with Crippen molar-refractivity contribution < 1.29 is 4.42 Å². The van der Waals surface area contributed by atoms with Crippen molar-refractivity contribution >= 4 is 5.96 Å². The number of aromatic nitrogens is 1. The average molecular weight is 364 g/mol. The highest BCUT2D eigenvalue weighted by Gasteiger charge is 2.20. The van der Waals surface area contributed by atoms with E-state index >= 15 is 0 Å². The Labute approximate surface area is 158 Å². The smallest absolute Gasteiger partial charge is 0.216 e. The van der Waals surface area contributed by atoms with Crippen LogP contribution >= 0.6 is 0 Å². The molecule has 1 saturated heterocycles. The Morgan fingerprint density at radius 3 is 2.77 bits per heavy atom. The van der Waals surface area contributed by atoms with Crippen molar-refractivity contribution in [2.45, 2.75) is 78.3 Å². The normalized spacial score (nSPS) is 19.6. The summed E-state index contributed by atoms with van der Waals surface area (Å²) in [5.74, 6) is 2.39. The summed E-state index contributed by atoms with van der Waals surface area (Å²) in [4.78, 5) is 11.6. The molecule has 148 valence electrons. The number of hydrogen-bond acceptors (Lipinski definition) is 4. The Bertz CT molecular complexity index is 561. The molecule has 0 radical (unpaired) electrons. The maximum Gasteiger partial charge on any atom is 0.216 e. The number of rotatable bonds is 7. The molecule has 2 heterocycles. The van der Waals surface area contributed by atoms with Gasteiger partial charge in [0.05, 0.1) is 6.20 Å². The van der Waals surface area contributed by atoms with Crippen molar-refractivity contribution in [2.24, 2.45) is 4.99 Å². The van der Waals surface area contributed by atoms with E-state index < -0.39 is 0 Å². The quantitative estimate of drug-likeness (QED) is 0.575. The summed E-state index contributed by atoms with van der Waals surface area (Å²) in [5.41, 5.74) is -0.0258. The highest BCUT2D eigenvalue weighted by Crippen LogP contribution is 2.22. The van der Waals surface area contributed by atoms with Gasteiger partial charge in [-0.05, 0) is 32.7 Å². The third-order valence-corrected chi connectivity index (χ3v) is 4.92. The summed E-state index contributed by atoms with van der Waals surface area (Å²) in [6.45, 7) is 15.2. The van der Waals surface area contributed by atoms with E-state index in [1.54, 1.807) is 0 Å². The first-order chi connectivity index (χ1) is 12.4. The SMILES string of the molecule is CCNC(=NCc1ncc(C(C)(C)C)o1)NCCN1CCCCC1CC. The second-order valence-electron chi connectivity index (χ2n) is 8.08. The van der Waals surface area contributed by atoms with E-state index in [1.807, 2.05) is 6.20 Å². The molecular weight excluding hydrogens is 326 g/mol. The maximum absolute atomic E-state index is 5.82. The van der Waals surface area contributed by atoms with Gasteiger partial charge >= 0.3 is 0 Å². The Hall–Kier alpha value is -1.56. The van der Waals surface area contributed by atoms with E-state index in [2.05, 4.69) is 60.1 Å². The standard InChI is InChI=1S/C20H37N5O/c1-6-16-10-8-9-12-25(16)13-11-22-19(21-7-2)24-15-18-23-14-17(26-18)20(3,4)5/h14,16H,6-13,15H2,1-5H3,(H2,21,22,24). The molecule has 2 rings (SSSR count). The van der Waals surface area contributed by atoms with Crippen LogP contribution in [0.15, 0.2) is 15.6 Å². The molecule has 26 heavy (non-hydrogen) atoms. The molecule has 1 aromatic heterocycles. The molecule has 6 nitrogen and oxygen atoms in total. The summed E-state index contributed by atoms with van der Waals surface area (Å²) in [5, 5.41) is 6.75. The van der Waals surface area contributed by atoms with Crippen LogP contribution in [0, 0.1) is 0 Å². The first kappa shape index (κ1) is 20.7. The van der Waals surface area contributed by atoms with Crippen LogP contribution in [0.25, 0.3) is 0 Å². The Morgan fingerprint density at radius 2 is 2.12 bits per heavy atom. The van der Waals surface area contributed by atoms with Crippen LogP contribution in [0.4, 0.5) is 0 Å². The first-order valence-electron chi connectivity index (χ1n) is 10.2. The van der Waals surface area contributed by atoms with Crippen LogP contribution in [0.1, 0.15) is 72.0 Å². The predicted octanol–water partition coefficient (Wildman–Crippen LogP) is 3.29. The molecule has 0 aromatic carbocycles. The highest BCUT2D eigenvalue weighted by atomic mass is 16.4. The topological polar surface area (TPSA) is 65.7 Å². The first-order valence-corrected chi connectivity index (χ1v) is 10.2. The van der Waals surface area contributed by atoms with Gasteiger partial charge in [0.2, 0.25) is 5.89 Å². The maximum atomic E-state index is 5.82. The van der Waals surface area contributed by atoms with Crippen molar-refractivity contribution in [3.8, 4) is 0 Å². The van der Waals surface area contributed by atoms with Crippen molar-refractivity contribution in [1.29, 1.82) is 0 Å². The van der Waals surface area contributed by atoms with E-state index in [4.69, 9.17) is 4.42 Å². The van der Waals surface area contributed by atoms with Gasteiger partial charge in [0.1, 0.15) is 12.3 Å². The van der Waals surface area contributed by atoms with Gasteiger partial charge in [-0.1, -0.05) is 34.1 Å². The molecule has 0 aliphatic carbocycles. The lowest BCUT2D eigenvalue weighted by Gasteiger charge is -2.35. The summed E-state index contributed by atoms with van der Waals surface area (Å²) >= 11 is 0. The van der Waals surface area contributed by atoms with E-state index in [9.17, 15) is 0 Å². The van der Waals surface area contributed by atoms with Gasteiger partial charge in [-0.25, -0.2) is 9.98 Å². The third-order valence-electron chi connectivity index (χ3n) is 4.92. The fraction of sp³-hybridized carbons (Fsp3) is 0.800. The van der Waals surface area contributed by atoms with E-state index in [1.165, 1.54) is 32.2 Å². The van der Waals surface area contributed by atoms with Gasteiger partial charge in [0.25, 0.3) is 0 Å². The van der Waals surface area contributed by atoms with Gasteiger partial charge in [-0.2, -0.15) is 0 Å². The minimum Gasteiger partial charge on any atom is -0.443 e. The number of guanidine groups is 1. The number of piperidine rings is 1. The van der Waals surface area contributed by atoms with Crippen molar-refractivity contribution in [1.82, 2.24) is 20.5 Å². The molecule has 2 N–H and O–H groups in total. The fourth-order valence-electron chi connectivity index (χ4n) is 3.35. The number of likely N-dealkylation sites (tertiary alicyclic amines) is 1. The Balaban J connectivity index is 1.85. The zero-order valence-electron chi connectivity index (χ0n) is 17.3. The van der Waals surface area contributed by atoms with Gasteiger partial charge in [0.15, 0.2) is 5.96 Å². The lowest BCUT2D eigenvalue weighted by molar-refractivity contribution is 0.147. The van der Waals surface area contributed by atoms with Crippen LogP contribution in [-0.4, -0.2) is 48.1 Å². The highest BCUT2D eigenvalue weighted by molar-refractivity contribution is 5.79. The largest absolute Gasteiger partial charge is 0.443 e. The second-order valence-corrected chi connectivity index (χ2v) is 8.08.